The molecule has 6 heteroatoms. The van der Waals surface area contributed by atoms with Crippen LogP contribution in [0.4, 0.5) is 4.39 Å². The SMILES string of the molecule is CN=C(NCc1ncc(C)s1)NCC(C)(C)c1ccccc1F. The third-order valence-corrected chi connectivity index (χ3v) is 4.51. The summed E-state index contributed by atoms with van der Waals surface area (Å²) in [5, 5.41) is 7.51. The molecule has 0 atom stereocenters. The molecule has 4 nitrogen and oxygen atoms in total. The number of aliphatic imine (C=N–C) groups is 1. The molecule has 124 valence electrons. The van der Waals surface area contributed by atoms with E-state index in [1.54, 1.807) is 24.5 Å². The fraction of sp³-hybridized carbons (Fsp3) is 0.412. The molecule has 2 rings (SSSR count). The molecule has 2 aromatic rings. The van der Waals surface area contributed by atoms with Gasteiger partial charge in [-0.3, -0.25) is 4.99 Å². The number of halogens is 1. The van der Waals surface area contributed by atoms with Crippen LogP contribution in [0, 0.1) is 12.7 Å². The highest BCUT2D eigenvalue weighted by Gasteiger charge is 2.24. The van der Waals surface area contributed by atoms with Gasteiger partial charge in [-0.1, -0.05) is 32.0 Å². The van der Waals surface area contributed by atoms with Crippen LogP contribution < -0.4 is 10.6 Å². The number of aromatic nitrogens is 1. The molecule has 0 saturated carbocycles. The fourth-order valence-corrected chi connectivity index (χ4v) is 3.00. The van der Waals surface area contributed by atoms with Crippen LogP contribution in [-0.2, 0) is 12.0 Å². The fourth-order valence-electron chi connectivity index (χ4n) is 2.27. The number of thiazole rings is 1. The number of aryl methyl sites for hydroxylation is 1. The first-order chi connectivity index (χ1) is 10.9. The summed E-state index contributed by atoms with van der Waals surface area (Å²) in [6.45, 7) is 7.25. The van der Waals surface area contributed by atoms with Crippen molar-refractivity contribution < 1.29 is 4.39 Å². The minimum absolute atomic E-state index is 0.180. The maximum Gasteiger partial charge on any atom is 0.191 e. The molecule has 23 heavy (non-hydrogen) atoms. The van der Waals surface area contributed by atoms with Crippen LogP contribution in [0.15, 0.2) is 35.5 Å². The number of hydrogen-bond acceptors (Lipinski definition) is 3. The van der Waals surface area contributed by atoms with E-state index in [2.05, 4.69) is 20.6 Å². The first kappa shape index (κ1) is 17.4. The second-order valence-electron chi connectivity index (χ2n) is 6.01. The van der Waals surface area contributed by atoms with Gasteiger partial charge in [0.2, 0.25) is 0 Å². The lowest BCUT2D eigenvalue weighted by atomic mass is 9.84. The van der Waals surface area contributed by atoms with Gasteiger partial charge in [-0.2, -0.15) is 0 Å². The zero-order valence-electron chi connectivity index (χ0n) is 14.0. The summed E-state index contributed by atoms with van der Waals surface area (Å²) in [5.41, 5.74) is 0.347. The van der Waals surface area contributed by atoms with Crippen molar-refractivity contribution in [2.75, 3.05) is 13.6 Å². The van der Waals surface area contributed by atoms with E-state index >= 15 is 0 Å². The van der Waals surface area contributed by atoms with Gasteiger partial charge in [0.25, 0.3) is 0 Å². The Morgan fingerprint density at radius 3 is 2.65 bits per heavy atom. The Bertz CT molecular complexity index is 679. The molecule has 0 bridgehead atoms. The zero-order valence-corrected chi connectivity index (χ0v) is 14.8. The summed E-state index contributed by atoms with van der Waals surface area (Å²) in [6.07, 6.45) is 1.86. The number of benzene rings is 1. The Morgan fingerprint density at radius 1 is 1.30 bits per heavy atom. The second-order valence-corrected chi connectivity index (χ2v) is 7.33. The van der Waals surface area contributed by atoms with Crippen molar-refractivity contribution in [3.05, 3.63) is 51.7 Å². The van der Waals surface area contributed by atoms with E-state index in [1.807, 2.05) is 39.1 Å². The second kappa shape index (κ2) is 7.55. The van der Waals surface area contributed by atoms with Gasteiger partial charge in [-0.05, 0) is 18.6 Å². The lowest BCUT2D eigenvalue weighted by molar-refractivity contribution is 0.473. The summed E-state index contributed by atoms with van der Waals surface area (Å²) in [5.74, 6) is 0.503. The van der Waals surface area contributed by atoms with Crippen molar-refractivity contribution in [3.8, 4) is 0 Å². The van der Waals surface area contributed by atoms with Gasteiger partial charge in [-0.25, -0.2) is 9.37 Å². The van der Waals surface area contributed by atoms with Crippen LogP contribution in [-0.4, -0.2) is 24.5 Å². The van der Waals surface area contributed by atoms with E-state index in [0.29, 0.717) is 24.6 Å². The minimum atomic E-state index is -0.346. The highest BCUT2D eigenvalue weighted by molar-refractivity contribution is 7.11. The predicted molar refractivity (Wildman–Crippen MR) is 94.5 cm³/mol. The van der Waals surface area contributed by atoms with Crippen LogP contribution in [0.2, 0.25) is 0 Å². The molecule has 2 N–H and O–H groups in total. The largest absolute Gasteiger partial charge is 0.356 e. The molecule has 1 aromatic carbocycles. The summed E-state index contributed by atoms with van der Waals surface area (Å²) in [6, 6.07) is 6.89. The zero-order chi connectivity index (χ0) is 16.9. The maximum absolute atomic E-state index is 14.0. The van der Waals surface area contributed by atoms with Gasteiger partial charge >= 0.3 is 0 Å². The van der Waals surface area contributed by atoms with E-state index < -0.39 is 0 Å². The van der Waals surface area contributed by atoms with Crippen molar-refractivity contribution in [1.82, 2.24) is 15.6 Å². The van der Waals surface area contributed by atoms with Crippen molar-refractivity contribution in [1.29, 1.82) is 0 Å². The topological polar surface area (TPSA) is 49.3 Å². The van der Waals surface area contributed by atoms with E-state index in [1.165, 1.54) is 10.9 Å². The number of nitrogens with one attached hydrogen (secondary N) is 2. The minimum Gasteiger partial charge on any atom is -0.356 e. The first-order valence-corrected chi connectivity index (χ1v) is 8.35. The van der Waals surface area contributed by atoms with Crippen LogP contribution in [0.25, 0.3) is 0 Å². The van der Waals surface area contributed by atoms with Crippen molar-refractivity contribution in [2.24, 2.45) is 4.99 Å². The van der Waals surface area contributed by atoms with Gasteiger partial charge in [0.15, 0.2) is 5.96 Å². The smallest absolute Gasteiger partial charge is 0.191 e. The molecule has 1 heterocycles. The molecule has 0 spiro atoms. The Labute approximate surface area is 140 Å². The van der Waals surface area contributed by atoms with E-state index in [9.17, 15) is 4.39 Å². The Hall–Kier alpha value is -1.95. The quantitative estimate of drug-likeness (QED) is 0.652. The van der Waals surface area contributed by atoms with Crippen molar-refractivity contribution >= 4 is 17.3 Å². The average molecular weight is 334 g/mol. The lowest BCUT2D eigenvalue weighted by Gasteiger charge is -2.27. The van der Waals surface area contributed by atoms with E-state index in [0.717, 1.165) is 5.01 Å². The van der Waals surface area contributed by atoms with Crippen molar-refractivity contribution in [3.63, 3.8) is 0 Å². The third-order valence-electron chi connectivity index (χ3n) is 3.60. The Kier molecular flexibility index (Phi) is 5.71. The van der Waals surface area contributed by atoms with Crippen LogP contribution in [0.1, 0.15) is 29.3 Å². The van der Waals surface area contributed by atoms with Gasteiger partial charge in [0.05, 0.1) is 6.54 Å². The molecule has 0 aliphatic rings. The van der Waals surface area contributed by atoms with Gasteiger partial charge in [-0.15, -0.1) is 11.3 Å². The molecule has 0 saturated heterocycles. The third kappa shape index (κ3) is 4.76. The summed E-state index contributed by atoms with van der Waals surface area (Å²) < 4.78 is 14.0. The normalized spacial score (nSPS) is 12.3. The van der Waals surface area contributed by atoms with Crippen LogP contribution >= 0.6 is 11.3 Å². The van der Waals surface area contributed by atoms with Gasteiger partial charge in [0, 0.05) is 30.1 Å². The molecule has 0 aliphatic carbocycles. The average Bonchev–Trinajstić information content (AvgIpc) is 2.93. The number of rotatable bonds is 5. The van der Waals surface area contributed by atoms with Gasteiger partial charge < -0.3 is 10.6 Å². The highest BCUT2D eigenvalue weighted by atomic mass is 32.1. The molecule has 0 radical (unpaired) electrons. The predicted octanol–water partition coefficient (Wildman–Crippen LogP) is 3.23. The Morgan fingerprint density at radius 2 is 2.04 bits per heavy atom. The Balaban J connectivity index is 1.93. The standard InChI is InChI=1S/C17H23FN4S/c1-12-9-20-15(23-12)10-21-16(19-4)22-11-17(2,3)13-7-5-6-8-14(13)18/h5-9H,10-11H2,1-4H3,(H2,19,21,22). The molecular weight excluding hydrogens is 311 g/mol. The van der Waals surface area contributed by atoms with Crippen molar-refractivity contribution in [2.45, 2.75) is 32.7 Å². The molecule has 0 amide bonds. The number of hydrogen-bond donors (Lipinski definition) is 2. The summed E-state index contributed by atoms with van der Waals surface area (Å²) >= 11 is 1.66. The maximum atomic E-state index is 14.0. The van der Waals surface area contributed by atoms with E-state index in [-0.39, 0.29) is 11.2 Å². The summed E-state index contributed by atoms with van der Waals surface area (Å²) in [4.78, 5) is 9.71. The number of guanidine groups is 1. The molecule has 1 aromatic heterocycles. The van der Waals surface area contributed by atoms with Crippen LogP contribution in [0.3, 0.4) is 0 Å². The number of nitrogens with zero attached hydrogens (tertiary/aromatic N) is 2. The monoisotopic (exact) mass is 334 g/mol. The first-order valence-electron chi connectivity index (χ1n) is 7.53. The lowest BCUT2D eigenvalue weighted by Crippen LogP contribution is -2.43. The summed E-state index contributed by atoms with van der Waals surface area (Å²) in [7, 11) is 1.72. The molecule has 0 aliphatic heterocycles. The van der Waals surface area contributed by atoms with Gasteiger partial charge in [0.1, 0.15) is 10.8 Å². The van der Waals surface area contributed by atoms with E-state index in [4.69, 9.17) is 0 Å². The molecule has 0 unspecified atom stereocenters. The highest BCUT2D eigenvalue weighted by Crippen LogP contribution is 2.24. The molecule has 0 fully saturated rings. The van der Waals surface area contributed by atoms with Crippen LogP contribution in [0.5, 0.6) is 0 Å². The molecular formula is C17H23FN4S.